The van der Waals surface area contributed by atoms with E-state index in [-0.39, 0.29) is 11.9 Å². The van der Waals surface area contributed by atoms with Crippen molar-refractivity contribution in [3.63, 3.8) is 0 Å². The molecule has 8 nitrogen and oxygen atoms in total. The highest BCUT2D eigenvalue weighted by molar-refractivity contribution is 6.30. The summed E-state index contributed by atoms with van der Waals surface area (Å²) in [7, 11) is 0. The molecule has 3 aromatic rings. The summed E-state index contributed by atoms with van der Waals surface area (Å²) in [5.74, 6) is 0.409. The van der Waals surface area contributed by atoms with Crippen LogP contribution in [0.1, 0.15) is 52.1 Å². The Morgan fingerprint density at radius 2 is 1.94 bits per heavy atom. The Morgan fingerprint density at radius 1 is 1.14 bits per heavy atom. The summed E-state index contributed by atoms with van der Waals surface area (Å²) in [6.07, 6.45) is 3.62. The van der Waals surface area contributed by atoms with Crippen molar-refractivity contribution in [1.29, 1.82) is 0 Å². The van der Waals surface area contributed by atoms with Gasteiger partial charge in [-0.25, -0.2) is 4.98 Å². The van der Waals surface area contributed by atoms with Crippen LogP contribution in [-0.4, -0.2) is 36.5 Å². The van der Waals surface area contributed by atoms with Gasteiger partial charge in [0.05, 0.1) is 28.4 Å². The van der Waals surface area contributed by atoms with E-state index >= 15 is 0 Å². The Balaban J connectivity index is 1.53. The number of ether oxygens (including phenoxy) is 1. The van der Waals surface area contributed by atoms with Crippen molar-refractivity contribution < 1.29 is 14.3 Å². The molecule has 1 saturated heterocycles. The molecule has 0 bridgehead atoms. The fourth-order valence-electron chi connectivity index (χ4n) is 4.02. The molecular weight excluding hydrogens is 478 g/mol. The third-order valence-electron chi connectivity index (χ3n) is 6.04. The molecule has 0 radical (unpaired) electrons. The number of pyridine rings is 1. The largest absolute Gasteiger partial charge is 0.492 e. The first-order chi connectivity index (χ1) is 17.4. The van der Waals surface area contributed by atoms with Crippen LogP contribution in [-0.2, 0) is 0 Å². The molecule has 4 rings (SSSR count). The minimum absolute atomic E-state index is 0.202. The molecule has 5 N–H and O–H groups in total. The number of amides is 2. The van der Waals surface area contributed by atoms with Gasteiger partial charge >= 0.3 is 0 Å². The molecule has 0 spiro atoms. The van der Waals surface area contributed by atoms with Gasteiger partial charge < -0.3 is 26.4 Å². The standard InChI is InChI=1S/C27H30ClN5O3/c1-17(29)19-8-10-22(24(13-19)36-16-18-5-4-12-30-14-18)27(35)32-23-7-3-2-6-21(23)26(34)33-25-11-9-20(28)15-31-25/h2-3,6-11,13,15,17-18,30H,4-5,12,14,16,29H2,1H3,(H,32,35)(H,31,33,34). The van der Waals surface area contributed by atoms with E-state index in [2.05, 4.69) is 20.9 Å². The fraction of sp³-hybridized carbons (Fsp3) is 0.296. The van der Waals surface area contributed by atoms with E-state index in [4.69, 9.17) is 22.1 Å². The lowest BCUT2D eigenvalue weighted by molar-refractivity contribution is 0.102. The van der Waals surface area contributed by atoms with Gasteiger partial charge in [0.15, 0.2) is 0 Å². The van der Waals surface area contributed by atoms with Crippen molar-refractivity contribution in [3.8, 4) is 5.75 Å². The molecule has 0 saturated carbocycles. The van der Waals surface area contributed by atoms with E-state index in [1.165, 1.54) is 6.20 Å². The van der Waals surface area contributed by atoms with Crippen LogP contribution in [0.3, 0.4) is 0 Å². The molecule has 0 aliphatic carbocycles. The number of piperidine rings is 1. The number of anilines is 2. The molecule has 1 aliphatic rings. The molecule has 1 aliphatic heterocycles. The minimum Gasteiger partial charge on any atom is -0.492 e. The molecule has 2 aromatic carbocycles. The quantitative estimate of drug-likeness (QED) is 0.353. The van der Waals surface area contributed by atoms with E-state index in [1.807, 2.05) is 19.1 Å². The molecule has 2 amide bonds. The third kappa shape index (κ3) is 6.60. The first-order valence-electron chi connectivity index (χ1n) is 12.0. The number of benzene rings is 2. The number of nitrogens with zero attached hydrogens (tertiary/aromatic N) is 1. The third-order valence-corrected chi connectivity index (χ3v) is 6.26. The Morgan fingerprint density at radius 3 is 2.67 bits per heavy atom. The topological polar surface area (TPSA) is 118 Å². The molecule has 2 unspecified atom stereocenters. The molecule has 2 atom stereocenters. The molecule has 188 valence electrons. The van der Waals surface area contributed by atoms with Crippen LogP contribution < -0.4 is 26.4 Å². The molecule has 9 heteroatoms. The highest BCUT2D eigenvalue weighted by atomic mass is 35.5. The van der Waals surface area contributed by atoms with E-state index in [0.29, 0.717) is 45.9 Å². The monoisotopic (exact) mass is 507 g/mol. The zero-order valence-electron chi connectivity index (χ0n) is 20.1. The first kappa shape index (κ1) is 25.6. The van der Waals surface area contributed by atoms with Gasteiger partial charge in [-0.15, -0.1) is 0 Å². The van der Waals surface area contributed by atoms with Gasteiger partial charge in [-0.2, -0.15) is 0 Å². The number of para-hydroxylation sites is 1. The zero-order chi connectivity index (χ0) is 25.5. The Labute approximate surface area is 215 Å². The van der Waals surface area contributed by atoms with Crippen LogP contribution in [0.25, 0.3) is 0 Å². The second-order valence-electron chi connectivity index (χ2n) is 8.88. The van der Waals surface area contributed by atoms with Gasteiger partial charge in [-0.05, 0) is 68.3 Å². The van der Waals surface area contributed by atoms with E-state index in [9.17, 15) is 9.59 Å². The van der Waals surface area contributed by atoms with Crippen molar-refractivity contribution in [2.75, 3.05) is 30.3 Å². The maximum absolute atomic E-state index is 13.3. The number of nitrogens with two attached hydrogens (primary N) is 1. The lowest BCUT2D eigenvalue weighted by atomic mass is 10.0. The lowest BCUT2D eigenvalue weighted by Crippen LogP contribution is -2.33. The number of carbonyl (C=O) groups is 2. The van der Waals surface area contributed by atoms with Gasteiger partial charge in [-0.3, -0.25) is 9.59 Å². The number of hydrogen-bond acceptors (Lipinski definition) is 6. The van der Waals surface area contributed by atoms with Crippen LogP contribution >= 0.6 is 11.6 Å². The molecule has 1 aromatic heterocycles. The molecule has 2 heterocycles. The van der Waals surface area contributed by atoms with Crippen molar-refractivity contribution >= 4 is 34.9 Å². The summed E-state index contributed by atoms with van der Waals surface area (Å²) in [6.45, 7) is 4.29. The van der Waals surface area contributed by atoms with Crippen LogP contribution in [0.4, 0.5) is 11.5 Å². The van der Waals surface area contributed by atoms with Crippen molar-refractivity contribution in [2.24, 2.45) is 11.7 Å². The number of halogens is 1. The maximum atomic E-state index is 13.3. The predicted molar refractivity (Wildman–Crippen MR) is 142 cm³/mol. The normalized spacial score (nSPS) is 16.1. The highest BCUT2D eigenvalue weighted by Gasteiger charge is 2.20. The minimum atomic E-state index is -0.408. The second kappa shape index (κ2) is 12.0. The van der Waals surface area contributed by atoms with Gasteiger partial charge in [0.1, 0.15) is 11.6 Å². The zero-order valence-corrected chi connectivity index (χ0v) is 20.8. The summed E-state index contributed by atoms with van der Waals surface area (Å²) in [4.78, 5) is 30.4. The smallest absolute Gasteiger partial charge is 0.259 e. The van der Waals surface area contributed by atoms with Crippen LogP contribution in [0, 0.1) is 5.92 Å². The molecular formula is C27H30ClN5O3. The number of nitrogens with one attached hydrogen (secondary N) is 3. The van der Waals surface area contributed by atoms with Crippen molar-refractivity contribution in [1.82, 2.24) is 10.3 Å². The van der Waals surface area contributed by atoms with Crippen molar-refractivity contribution in [2.45, 2.75) is 25.8 Å². The van der Waals surface area contributed by atoms with E-state index in [1.54, 1.807) is 42.5 Å². The predicted octanol–water partition coefficient (Wildman–Crippen LogP) is 4.64. The summed E-state index contributed by atoms with van der Waals surface area (Å²) >= 11 is 5.87. The Kier molecular flexibility index (Phi) is 8.53. The van der Waals surface area contributed by atoms with Crippen LogP contribution in [0.15, 0.2) is 60.8 Å². The summed E-state index contributed by atoms with van der Waals surface area (Å²) in [5, 5.41) is 9.43. The summed E-state index contributed by atoms with van der Waals surface area (Å²) in [5.41, 5.74) is 7.98. The number of hydrogen-bond donors (Lipinski definition) is 4. The lowest BCUT2D eigenvalue weighted by Gasteiger charge is -2.23. The van der Waals surface area contributed by atoms with Gasteiger partial charge in [0, 0.05) is 24.7 Å². The summed E-state index contributed by atoms with van der Waals surface area (Å²) in [6, 6.07) is 15.2. The highest BCUT2D eigenvalue weighted by Crippen LogP contribution is 2.27. The Bertz CT molecular complexity index is 1210. The average Bonchev–Trinajstić information content (AvgIpc) is 2.89. The average molecular weight is 508 g/mol. The number of aromatic nitrogens is 1. The van der Waals surface area contributed by atoms with E-state index < -0.39 is 5.91 Å². The fourth-order valence-corrected chi connectivity index (χ4v) is 4.13. The maximum Gasteiger partial charge on any atom is 0.259 e. The number of rotatable bonds is 8. The van der Waals surface area contributed by atoms with Crippen LogP contribution in [0.2, 0.25) is 5.02 Å². The van der Waals surface area contributed by atoms with Gasteiger partial charge in [-0.1, -0.05) is 29.8 Å². The molecule has 36 heavy (non-hydrogen) atoms. The van der Waals surface area contributed by atoms with Crippen molar-refractivity contribution in [3.05, 3.63) is 82.5 Å². The molecule has 1 fully saturated rings. The van der Waals surface area contributed by atoms with Crippen LogP contribution in [0.5, 0.6) is 5.75 Å². The Hall–Kier alpha value is -3.46. The first-order valence-corrected chi connectivity index (χ1v) is 12.3. The second-order valence-corrected chi connectivity index (χ2v) is 9.32. The summed E-state index contributed by atoms with van der Waals surface area (Å²) < 4.78 is 6.14. The van der Waals surface area contributed by atoms with E-state index in [0.717, 1.165) is 31.5 Å². The SMILES string of the molecule is CC(N)c1ccc(C(=O)Nc2ccccc2C(=O)Nc2ccc(Cl)cn2)c(OCC2CCCNC2)c1. The number of carbonyl (C=O) groups excluding carboxylic acids is 2. The van der Waals surface area contributed by atoms with Gasteiger partial charge in [0.25, 0.3) is 11.8 Å². The van der Waals surface area contributed by atoms with Gasteiger partial charge in [0.2, 0.25) is 0 Å².